The molecule has 2 unspecified atom stereocenters. The van der Waals surface area contributed by atoms with Crippen LogP contribution in [0.3, 0.4) is 0 Å². The van der Waals surface area contributed by atoms with E-state index in [0.29, 0.717) is 6.04 Å². The molecule has 0 radical (unpaired) electrons. The Labute approximate surface area is 110 Å². The fraction of sp³-hybridized carbons (Fsp3) is 0.714. The van der Waals surface area contributed by atoms with Crippen molar-refractivity contribution in [2.24, 2.45) is 5.92 Å². The van der Waals surface area contributed by atoms with Crippen molar-refractivity contribution < 1.29 is 0 Å². The van der Waals surface area contributed by atoms with Gasteiger partial charge in [-0.05, 0) is 39.7 Å². The summed E-state index contributed by atoms with van der Waals surface area (Å²) < 4.78 is 0. The van der Waals surface area contributed by atoms with Crippen LogP contribution < -0.4 is 10.2 Å². The second-order valence-electron chi connectivity index (χ2n) is 5.49. The molecule has 0 bridgehead atoms. The van der Waals surface area contributed by atoms with Gasteiger partial charge in [-0.15, -0.1) is 0 Å². The van der Waals surface area contributed by atoms with Crippen molar-refractivity contribution in [2.75, 3.05) is 18.5 Å². The number of rotatable bonds is 3. The van der Waals surface area contributed by atoms with Crippen molar-refractivity contribution in [3.05, 3.63) is 17.5 Å². The largest absolute Gasteiger partial charge is 0.338 e. The fourth-order valence-electron chi connectivity index (χ4n) is 2.55. The normalized spacial score (nSPS) is 24.3. The number of nitrogens with one attached hydrogen (secondary N) is 1. The molecule has 2 rings (SSSR count). The number of anilines is 1. The highest BCUT2D eigenvalue weighted by atomic mass is 15.3. The topological polar surface area (TPSA) is 41.1 Å². The van der Waals surface area contributed by atoms with Gasteiger partial charge in [0.25, 0.3) is 0 Å². The SMILES string of the molecule is CNCc1cnc(N2CC(C)CCC2C)nc1C. The molecular weight excluding hydrogens is 224 g/mol. The Balaban J connectivity index is 2.19. The van der Waals surface area contributed by atoms with E-state index < -0.39 is 0 Å². The van der Waals surface area contributed by atoms with Gasteiger partial charge in [-0.25, -0.2) is 9.97 Å². The van der Waals surface area contributed by atoms with E-state index in [0.717, 1.165) is 30.6 Å². The summed E-state index contributed by atoms with van der Waals surface area (Å²) in [7, 11) is 1.95. The van der Waals surface area contributed by atoms with Gasteiger partial charge in [-0.2, -0.15) is 0 Å². The molecule has 0 spiro atoms. The summed E-state index contributed by atoms with van der Waals surface area (Å²) in [6, 6.07) is 0.552. The van der Waals surface area contributed by atoms with E-state index in [2.05, 4.69) is 41.0 Å². The predicted octanol–water partition coefficient (Wildman–Crippen LogP) is 2.13. The van der Waals surface area contributed by atoms with E-state index >= 15 is 0 Å². The molecule has 1 saturated heterocycles. The van der Waals surface area contributed by atoms with Gasteiger partial charge >= 0.3 is 0 Å². The van der Waals surface area contributed by atoms with Crippen LogP contribution in [0.5, 0.6) is 0 Å². The summed E-state index contributed by atoms with van der Waals surface area (Å²) in [4.78, 5) is 11.6. The monoisotopic (exact) mass is 248 g/mol. The lowest BCUT2D eigenvalue weighted by Crippen LogP contribution is -2.42. The Morgan fingerprint density at radius 2 is 2.17 bits per heavy atom. The zero-order valence-corrected chi connectivity index (χ0v) is 11.9. The average molecular weight is 248 g/mol. The zero-order valence-electron chi connectivity index (χ0n) is 11.9. The van der Waals surface area contributed by atoms with E-state index in [9.17, 15) is 0 Å². The molecule has 18 heavy (non-hydrogen) atoms. The minimum Gasteiger partial charge on any atom is -0.338 e. The molecule has 0 aliphatic carbocycles. The molecule has 100 valence electrons. The summed E-state index contributed by atoms with van der Waals surface area (Å²) in [5.41, 5.74) is 2.26. The van der Waals surface area contributed by atoms with Crippen LogP contribution in [0.15, 0.2) is 6.20 Å². The summed E-state index contributed by atoms with van der Waals surface area (Å²) in [5, 5.41) is 3.15. The first-order valence-electron chi connectivity index (χ1n) is 6.85. The minimum atomic E-state index is 0.552. The third-order valence-corrected chi connectivity index (χ3v) is 3.81. The van der Waals surface area contributed by atoms with Gasteiger partial charge in [0.2, 0.25) is 5.95 Å². The third-order valence-electron chi connectivity index (χ3n) is 3.81. The van der Waals surface area contributed by atoms with Crippen LogP contribution >= 0.6 is 0 Å². The Hall–Kier alpha value is -1.16. The summed E-state index contributed by atoms with van der Waals surface area (Å²) >= 11 is 0. The van der Waals surface area contributed by atoms with Crippen LogP contribution in [0, 0.1) is 12.8 Å². The Bertz CT molecular complexity index is 405. The molecule has 0 saturated carbocycles. The molecule has 4 heteroatoms. The smallest absolute Gasteiger partial charge is 0.225 e. The van der Waals surface area contributed by atoms with Gasteiger partial charge in [-0.1, -0.05) is 6.92 Å². The van der Waals surface area contributed by atoms with Gasteiger partial charge in [0.05, 0.1) is 0 Å². The highest BCUT2D eigenvalue weighted by Gasteiger charge is 2.25. The lowest BCUT2D eigenvalue weighted by Gasteiger charge is -2.36. The highest BCUT2D eigenvalue weighted by Crippen LogP contribution is 2.25. The Morgan fingerprint density at radius 1 is 1.39 bits per heavy atom. The van der Waals surface area contributed by atoms with Gasteiger partial charge in [0.15, 0.2) is 0 Å². The van der Waals surface area contributed by atoms with Gasteiger partial charge < -0.3 is 10.2 Å². The summed E-state index contributed by atoms with van der Waals surface area (Å²) in [6.07, 6.45) is 4.51. The van der Waals surface area contributed by atoms with Gasteiger partial charge in [0, 0.05) is 36.6 Å². The quantitative estimate of drug-likeness (QED) is 0.889. The van der Waals surface area contributed by atoms with Crippen LogP contribution in [-0.4, -0.2) is 29.6 Å². The van der Waals surface area contributed by atoms with Crippen LogP contribution in [-0.2, 0) is 6.54 Å². The number of hydrogen-bond donors (Lipinski definition) is 1. The van der Waals surface area contributed by atoms with E-state index in [1.807, 2.05) is 13.2 Å². The van der Waals surface area contributed by atoms with Crippen LogP contribution in [0.4, 0.5) is 5.95 Å². The predicted molar refractivity (Wildman–Crippen MR) is 74.7 cm³/mol. The number of aromatic nitrogens is 2. The molecule has 0 aromatic carbocycles. The van der Waals surface area contributed by atoms with Crippen molar-refractivity contribution in [3.8, 4) is 0 Å². The molecule has 1 aliphatic heterocycles. The minimum absolute atomic E-state index is 0.552. The first-order valence-corrected chi connectivity index (χ1v) is 6.85. The zero-order chi connectivity index (χ0) is 13.1. The lowest BCUT2D eigenvalue weighted by molar-refractivity contribution is 0.385. The number of nitrogens with zero attached hydrogens (tertiary/aromatic N) is 3. The van der Waals surface area contributed by atoms with Gasteiger partial charge in [-0.3, -0.25) is 0 Å². The van der Waals surface area contributed by atoms with Crippen molar-refractivity contribution in [2.45, 2.75) is 46.2 Å². The second-order valence-corrected chi connectivity index (χ2v) is 5.49. The van der Waals surface area contributed by atoms with E-state index in [4.69, 9.17) is 0 Å². The average Bonchev–Trinajstić information content (AvgIpc) is 2.35. The molecule has 1 aromatic rings. The van der Waals surface area contributed by atoms with E-state index in [-0.39, 0.29) is 0 Å². The van der Waals surface area contributed by atoms with Crippen LogP contribution in [0.1, 0.15) is 37.9 Å². The fourth-order valence-corrected chi connectivity index (χ4v) is 2.55. The highest BCUT2D eigenvalue weighted by molar-refractivity contribution is 5.35. The number of hydrogen-bond acceptors (Lipinski definition) is 4. The van der Waals surface area contributed by atoms with Crippen molar-refractivity contribution in [1.29, 1.82) is 0 Å². The van der Waals surface area contributed by atoms with E-state index in [1.165, 1.54) is 18.4 Å². The van der Waals surface area contributed by atoms with Crippen LogP contribution in [0.25, 0.3) is 0 Å². The van der Waals surface area contributed by atoms with Crippen molar-refractivity contribution in [1.82, 2.24) is 15.3 Å². The molecular formula is C14H24N4. The number of aryl methyl sites for hydroxylation is 1. The summed E-state index contributed by atoms with van der Waals surface area (Å²) in [6.45, 7) is 8.55. The standard InChI is InChI=1S/C14H24N4/c1-10-5-6-11(2)18(9-10)14-16-8-13(7-15-4)12(3)17-14/h8,10-11,15H,5-7,9H2,1-4H3. The maximum absolute atomic E-state index is 4.68. The molecule has 1 aromatic heterocycles. The maximum Gasteiger partial charge on any atom is 0.225 e. The molecule has 4 nitrogen and oxygen atoms in total. The molecule has 0 amide bonds. The third kappa shape index (κ3) is 2.80. The Morgan fingerprint density at radius 3 is 2.83 bits per heavy atom. The molecule has 2 heterocycles. The Kier molecular flexibility index (Phi) is 4.17. The lowest BCUT2D eigenvalue weighted by atomic mass is 9.95. The first kappa shape index (κ1) is 13.3. The second kappa shape index (κ2) is 5.65. The maximum atomic E-state index is 4.68. The molecule has 1 fully saturated rings. The van der Waals surface area contributed by atoms with E-state index in [1.54, 1.807) is 0 Å². The first-order chi connectivity index (χ1) is 8.61. The molecule has 1 aliphatic rings. The number of piperidine rings is 1. The molecule has 1 N–H and O–H groups in total. The van der Waals surface area contributed by atoms with Crippen molar-refractivity contribution in [3.63, 3.8) is 0 Å². The molecule has 2 atom stereocenters. The van der Waals surface area contributed by atoms with Crippen molar-refractivity contribution >= 4 is 5.95 Å². The van der Waals surface area contributed by atoms with Gasteiger partial charge in [0.1, 0.15) is 0 Å². The summed E-state index contributed by atoms with van der Waals surface area (Å²) in [5.74, 6) is 1.63. The van der Waals surface area contributed by atoms with Crippen LogP contribution in [0.2, 0.25) is 0 Å².